The van der Waals surface area contributed by atoms with Gasteiger partial charge < -0.3 is 14.2 Å². The van der Waals surface area contributed by atoms with Crippen molar-refractivity contribution in [3.05, 3.63) is 78.6 Å². The average molecular weight is 440 g/mol. The van der Waals surface area contributed by atoms with E-state index in [2.05, 4.69) is 9.29 Å². The van der Waals surface area contributed by atoms with Crippen molar-refractivity contribution in [1.82, 2.24) is 9.47 Å². The Morgan fingerprint density at radius 3 is 2.42 bits per heavy atom. The van der Waals surface area contributed by atoms with Crippen LogP contribution in [-0.2, 0) is 10.0 Å². The number of rotatable bonds is 6. The Kier molecular flexibility index (Phi) is 5.99. The lowest BCUT2D eigenvalue weighted by Crippen LogP contribution is -2.39. The molecule has 1 saturated heterocycles. The molecule has 0 bridgehead atoms. The lowest BCUT2D eigenvalue weighted by molar-refractivity contribution is 0.0694. The quantitative estimate of drug-likeness (QED) is 0.634. The number of nitrogens with one attached hydrogen (secondary N) is 1. The van der Waals surface area contributed by atoms with Gasteiger partial charge in [0.1, 0.15) is 5.75 Å². The second-order valence-corrected chi connectivity index (χ2v) is 9.17. The molecule has 1 N–H and O–H groups in total. The van der Waals surface area contributed by atoms with Crippen molar-refractivity contribution in [2.75, 3.05) is 24.9 Å². The summed E-state index contributed by atoms with van der Waals surface area (Å²) in [6.45, 7) is 1.27. The summed E-state index contributed by atoms with van der Waals surface area (Å²) in [5.74, 6) is 0.268. The molecule has 0 aliphatic carbocycles. The first-order chi connectivity index (χ1) is 15.0. The zero-order chi connectivity index (χ0) is 21.8. The van der Waals surface area contributed by atoms with E-state index in [9.17, 15) is 13.2 Å². The standard InChI is InChI=1S/C23H25N3O4S/c1-30-22-10-3-2-9-21(22)24-31(28,29)20-8-6-7-18(17-20)23(27)26-15-11-19(12-16-26)25-13-4-5-14-25/h2-10,13-14,17,19,24H,11-12,15-16H2,1H3. The fraction of sp³-hybridized carbons (Fsp3) is 0.261. The molecule has 162 valence electrons. The van der Waals surface area contributed by atoms with Crippen LogP contribution in [0.4, 0.5) is 5.69 Å². The molecule has 2 heterocycles. The highest BCUT2D eigenvalue weighted by Gasteiger charge is 2.25. The molecule has 3 aromatic rings. The van der Waals surface area contributed by atoms with Crippen LogP contribution in [0, 0.1) is 0 Å². The molecule has 8 heteroatoms. The van der Waals surface area contributed by atoms with Gasteiger partial charge in [-0.15, -0.1) is 0 Å². The van der Waals surface area contributed by atoms with Crippen LogP contribution in [0.25, 0.3) is 0 Å². The van der Waals surface area contributed by atoms with E-state index in [1.807, 2.05) is 24.5 Å². The van der Waals surface area contributed by atoms with Crippen LogP contribution in [0.5, 0.6) is 5.75 Å². The molecule has 1 amide bonds. The third-order valence-corrected chi connectivity index (χ3v) is 6.91. The smallest absolute Gasteiger partial charge is 0.262 e. The Morgan fingerprint density at radius 2 is 1.71 bits per heavy atom. The number of anilines is 1. The van der Waals surface area contributed by atoms with Gasteiger partial charge >= 0.3 is 0 Å². The molecular weight excluding hydrogens is 414 g/mol. The van der Waals surface area contributed by atoms with Crippen LogP contribution < -0.4 is 9.46 Å². The van der Waals surface area contributed by atoms with Crippen LogP contribution >= 0.6 is 0 Å². The Hall–Kier alpha value is -3.26. The number of hydrogen-bond donors (Lipinski definition) is 1. The summed E-state index contributed by atoms with van der Waals surface area (Å²) >= 11 is 0. The number of sulfonamides is 1. The number of methoxy groups -OCH3 is 1. The van der Waals surface area contributed by atoms with Crippen LogP contribution in [0.3, 0.4) is 0 Å². The van der Waals surface area contributed by atoms with E-state index < -0.39 is 10.0 Å². The van der Waals surface area contributed by atoms with Crippen LogP contribution in [0.1, 0.15) is 29.2 Å². The van der Waals surface area contributed by atoms with Crippen molar-refractivity contribution < 1.29 is 17.9 Å². The predicted molar refractivity (Wildman–Crippen MR) is 119 cm³/mol. The fourth-order valence-corrected chi connectivity index (χ4v) is 4.99. The number of ether oxygens (including phenoxy) is 1. The maximum Gasteiger partial charge on any atom is 0.262 e. The fourth-order valence-electron chi connectivity index (χ4n) is 3.87. The minimum atomic E-state index is -3.88. The Labute approximate surface area is 182 Å². The summed E-state index contributed by atoms with van der Waals surface area (Å²) in [5.41, 5.74) is 0.705. The van der Waals surface area contributed by atoms with Crippen molar-refractivity contribution in [1.29, 1.82) is 0 Å². The molecular formula is C23H25N3O4S. The SMILES string of the molecule is COc1ccccc1NS(=O)(=O)c1cccc(C(=O)N2CCC(n3cccc3)CC2)c1. The van der Waals surface area contributed by atoms with Crippen LogP contribution in [0.15, 0.2) is 78.0 Å². The number of hydrogen-bond acceptors (Lipinski definition) is 4. The number of benzene rings is 2. The zero-order valence-electron chi connectivity index (χ0n) is 17.3. The minimum absolute atomic E-state index is 0.0338. The van der Waals surface area contributed by atoms with Crippen molar-refractivity contribution >= 4 is 21.6 Å². The van der Waals surface area contributed by atoms with E-state index >= 15 is 0 Å². The van der Waals surface area contributed by atoms with E-state index in [0.29, 0.717) is 36.1 Å². The number of nitrogens with zero attached hydrogens (tertiary/aromatic N) is 2. The summed E-state index contributed by atoms with van der Waals surface area (Å²) in [6.07, 6.45) is 5.83. The highest BCUT2D eigenvalue weighted by molar-refractivity contribution is 7.92. The Morgan fingerprint density at radius 1 is 1.00 bits per heavy atom. The van der Waals surface area contributed by atoms with E-state index in [0.717, 1.165) is 12.8 Å². The van der Waals surface area contributed by atoms with Crippen molar-refractivity contribution in [3.8, 4) is 5.75 Å². The normalized spacial score (nSPS) is 14.9. The maximum atomic E-state index is 13.0. The molecule has 0 spiro atoms. The van der Waals surface area contributed by atoms with Gasteiger partial charge in [0.15, 0.2) is 0 Å². The van der Waals surface area contributed by atoms with Gasteiger partial charge in [0.05, 0.1) is 17.7 Å². The molecule has 1 aliphatic rings. The molecule has 1 fully saturated rings. The van der Waals surface area contributed by atoms with Gasteiger partial charge in [0, 0.05) is 37.1 Å². The molecule has 0 saturated carbocycles. The summed E-state index contributed by atoms with van der Waals surface area (Å²) in [6, 6.07) is 17.3. The number of amides is 1. The lowest BCUT2D eigenvalue weighted by atomic mass is 10.0. The molecule has 0 radical (unpaired) electrons. The summed E-state index contributed by atoms with van der Waals surface area (Å²) in [5, 5.41) is 0. The van der Waals surface area contributed by atoms with Crippen molar-refractivity contribution in [3.63, 3.8) is 0 Å². The first-order valence-corrected chi connectivity index (χ1v) is 11.6. The molecule has 7 nitrogen and oxygen atoms in total. The Balaban J connectivity index is 1.48. The number of likely N-dealkylation sites (tertiary alicyclic amines) is 1. The highest BCUT2D eigenvalue weighted by atomic mass is 32.2. The minimum Gasteiger partial charge on any atom is -0.495 e. The summed E-state index contributed by atoms with van der Waals surface area (Å²) in [7, 11) is -2.40. The van der Waals surface area contributed by atoms with Crippen LogP contribution in [-0.4, -0.2) is 44.0 Å². The molecule has 0 unspecified atom stereocenters. The third-order valence-electron chi connectivity index (χ3n) is 5.54. The van der Waals surface area contributed by atoms with Gasteiger partial charge in [-0.1, -0.05) is 18.2 Å². The Bertz CT molecular complexity index is 1150. The summed E-state index contributed by atoms with van der Waals surface area (Å²) < 4.78 is 35.7. The van der Waals surface area contributed by atoms with Gasteiger partial charge in [0.2, 0.25) is 0 Å². The molecule has 1 aliphatic heterocycles. The van der Waals surface area contributed by atoms with Gasteiger partial charge in [-0.3, -0.25) is 9.52 Å². The predicted octanol–water partition coefficient (Wildman–Crippen LogP) is 3.77. The molecule has 2 aromatic carbocycles. The van der Waals surface area contributed by atoms with E-state index in [1.165, 1.54) is 19.2 Å². The second kappa shape index (κ2) is 8.85. The topological polar surface area (TPSA) is 80.6 Å². The molecule has 31 heavy (non-hydrogen) atoms. The molecule has 1 aromatic heterocycles. The number of para-hydroxylation sites is 2. The molecule has 4 rings (SSSR count). The van der Waals surface area contributed by atoms with E-state index in [-0.39, 0.29) is 10.8 Å². The zero-order valence-corrected chi connectivity index (χ0v) is 18.1. The lowest BCUT2D eigenvalue weighted by Gasteiger charge is -2.33. The number of aromatic nitrogens is 1. The number of carbonyl (C=O) groups excluding carboxylic acids is 1. The highest BCUT2D eigenvalue weighted by Crippen LogP contribution is 2.27. The third kappa shape index (κ3) is 4.59. The maximum absolute atomic E-state index is 13.0. The number of carbonyl (C=O) groups is 1. The van der Waals surface area contributed by atoms with Gasteiger partial charge in [0.25, 0.3) is 15.9 Å². The average Bonchev–Trinajstić information content (AvgIpc) is 3.34. The van der Waals surface area contributed by atoms with Gasteiger partial charge in [-0.05, 0) is 55.3 Å². The first kappa shape index (κ1) is 21.0. The van der Waals surface area contributed by atoms with Gasteiger partial charge in [-0.2, -0.15) is 0 Å². The van der Waals surface area contributed by atoms with E-state index in [4.69, 9.17) is 4.74 Å². The first-order valence-electron chi connectivity index (χ1n) is 10.2. The largest absolute Gasteiger partial charge is 0.495 e. The van der Waals surface area contributed by atoms with Crippen molar-refractivity contribution in [2.24, 2.45) is 0 Å². The second-order valence-electron chi connectivity index (χ2n) is 7.49. The van der Waals surface area contributed by atoms with E-state index in [1.54, 1.807) is 41.3 Å². The summed E-state index contributed by atoms with van der Waals surface area (Å²) in [4.78, 5) is 14.8. The number of piperidine rings is 1. The van der Waals surface area contributed by atoms with Crippen LogP contribution in [0.2, 0.25) is 0 Å². The monoisotopic (exact) mass is 439 g/mol. The molecule has 0 atom stereocenters. The van der Waals surface area contributed by atoms with Gasteiger partial charge in [-0.25, -0.2) is 8.42 Å². The van der Waals surface area contributed by atoms with Crippen molar-refractivity contribution in [2.45, 2.75) is 23.8 Å².